The van der Waals surface area contributed by atoms with Crippen molar-refractivity contribution in [3.05, 3.63) is 0 Å². The Morgan fingerprint density at radius 3 is 2.18 bits per heavy atom. The molecule has 28 heavy (non-hydrogen) atoms. The van der Waals surface area contributed by atoms with Gasteiger partial charge in [-0.25, -0.2) is 0 Å². The van der Waals surface area contributed by atoms with E-state index in [1.807, 2.05) is 9.80 Å². The van der Waals surface area contributed by atoms with Gasteiger partial charge in [-0.2, -0.15) is 0 Å². The molecule has 7 heteroatoms. The van der Waals surface area contributed by atoms with Crippen molar-refractivity contribution in [2.24, 2.45) is 23.5 Å². The van der Waals surface area contributed by atoms with Gasteiger partial charge >= 0.3 is 0 Å². The molecule has 6 nitrogen and oxygen atoms in total. The first-order valence-electron chi connectivity index (χ1n) is 10.9. The molecule has 3 rings (SSSR count). The highest BCUT2D eigenvalue weighted by atomic mass is 32.2. The number of nitrogens with zero attached hydrogens (tertiary/aromatic N) is 2. The van der Waals surface area contributed by atoms with Crippen LogP contribution in [0.2, 0.25) is 0 Å². The molecule has 0 bridgehead atoms. The van der Waals surface area contributed by atoms with Crippen molar-refractivity contribution in [1.29, 1.82) is 0 Å². The summed E-state index contributed by atoms with van der Waals surface area (Å²) >= 11 is 1.76. The van der Waals surface area contributed by atoms with Gasteiger partial charge in [0, 0.05) is 30.7 Å². The van der Waals surface area contributed by atoms with Crippen LogP contribution in [-0.2, 0) is 14.4 Å². The lowest BCUT2D eigenvalue weighted by atomic mass is 9.87. The molecule has 2 atom stereocenters. The largest absolute Gasteiger partial charge is 0.369 e. The molecule has 0 spiro atoms. The lowest BCUT2D eigenvalue weighted by Crippen LogP contribution is -2.54. The maximum absolute atomic E-state index is 13.4. The average molecular weight is 410 g/mol. The number of carbonyl (C=O) groups is 3. The number of amides is 3. The van der Waals surface area contributed by atoms with Gasteiger partial charge in [-0.15, -0.1) is 11.8 Å². The van der Waals surface area contributed by atoms with E-state index >= 15 is 0 Å². The van der Waals surface area contributed by atoms with Gasteiger partial charge in [0.1, 0.15) is 6.04 Å². The van der Waals surface area contributed by atoms with Crippen LogP contribution in [0.4, 0.5) is 0 Å². The summed E-state index contributed by atoms with van der Waals surface area (Å²) < 4.78 is 0. The van der Waals surface area contributed by atoms with Gasteiger partial charge in [0.2, 0.25) is 17.7 Å². The minimum atomic E-state index is -0.353. The van der Waals surface area contributed by atoms with E-state index in [1.54, 1.807) is 11.8 Å². The molecule has 0 radical (unpaired) electrons. The summed E-state index contributed by atoms with van der Waals surface area (Å²) in [7, 11) is 0. The van der Waals surface area contributed by atoms with E-state index in [-0.39, 0.29) is 41.0 Å². The summed E-state index contributed by atoms with van der Waals surface area (Å²) in [6, 6.07) is -0.353. The summed E-state index contributed by atoms with van der Waals surface area (Å²) in [5.41, 5.74) is 5.42. The Labute approximate surface area is 172 Å². The lowest BCUT2D eigenvalue weighted by molar-refractivity contribution is -0.149. The normalized spacial score (nSPS) is 27.4. The Bertz CT molecular complexity index is 583. The van der Waals surface area contributed by atoms with E-state index in [1.165, 1.54) is 6.42 Å². The van der Waals surface area contributed by atoms with Gasteiger partial charge in [0.25, 0.3) is 0 Å². The standard InChI is InChI=1S/C21H35N3O3S/c1-14(2)12-18-24(20(26)16-6-4-3-5-7-16)17(13-28-18)21(27)23-10-8-15(9-11-23)19(22)25/h14-18H,3-13H2,1-2H3,(H2,22,25). The zero-order valence-electron chi connectivity index (χ0n) is 17.3. The van der Waals surface area contributed by atoms with Crippen LogP contribution in [0.1, 0.15) is 65.2 Å². The fourth-order valence-electron chi connectivity index (χ4n) is 4.79. The second-order valence-corrected chi connectivity index (χ2v) is 10.2. The van der Waals surface area contributed by atoms with Crippen LogP contribution in [0, 0.1) is 17.8 Å². The van der Waals surface area contributed by atoms with Crippen LogP contribution >= 0.6 is 11.8 Å². The Balaban J connectivity index is 1.71. The number of carbonyl (C=O) groups excluding carboxylic acids is 3. The summed E-state index contributed by atoms with van der Waals surface area (Å²) in [6.45, 7) is 5.48. The monoisotopic (exact) mass is 409 g/mol. The van der Waals surface area contributed by atoms with Crippen molar-refractivity contribution in [2.75, 3.05) is 18.8 Å². The minimum Gasteiger partial charge on any atom is -0.369 e. The molecule has 1 aliphatic carbocycles. The van der Waals surface area contributed by atoms with Gasteiger partial charge in [-0.3, -0.25) is 14.4 Å². The van der Waals surface area contributed by atoms with Gasteiger partial charge in [-0.05, 0) is 38.0 Å². The second-order valence-electron chi connectivity index (χ2n) is 9.02. The molecule has 0 aromatic carbocycles. The number of piperidine rings is 1. The van der Waals surface area contributed by atoms with Crippen molar-refractivity contribution >= 4 is 29.5 Å². The Morgan fingerprint density at radius 2 is 1.61 bits per heavy atom. The molecule has 0 aromatic heterocycles. The van der Waals surface area contributed by atoms with Crippen LogP contribution in [0.3, 0.4) is 0 Å². The zero-order valence-corrected chi connectivity index (χ0v) is 18.1. The van der Waals surface area contributed by atoms with Crippen LogP contribution in [0.25, 0.3) is 0 Å². The van der Waals surface area contributed by atoms with Crippen LogP contribution in [-0.4, -0.2) is 57.8 Å². The molecule has 2 unspecified atom stereocenters. The number of hydrogen-bond acceptors (Lipinski definition) is 4. The quantitative estimate of drug-likeness (QED) is 0.756. The second kappa shape index (κ2) is 9.51. The minimum absolute atomic E-state index is 0.0610. The summed E-state index contributed by atoms with van der Waals surface area (Å²) in [5, 5.41) is 0.103. The van der Waals surface area contributed by atoms with E-state index < -0.39 is 0 Å². The number of nitrogens with two attached hydrogens (primary N) is 1. The van der Waals surface area contributed by atoms with Gasteiger partial charge in [0.05, 0.1) is 5.37 Å². The van der Waals surface area contributed by atoms with Crippen LogP contribution in [0.15, 0.2) is 0 Å². The third-order valence-electron chi connectivity index (χ3n) is 6.47. The third kappa shape index (κ3) is 4.84. The molecule has 2 saturated heterocycles. The highest BCUT2D eigenvalue weighted by molar-refractivity contribution is 8.00. The third-order valence-corrected chi connectivity index (χ3v) is 7.78. The molecule has 2 heterocycles. The van der Waals surface area contributed by atoms with Gasteiger partial charge in [0.15, 0.2) is 0 Å². The lowest BCUT2D eigenvalue weighted by Gasteiger charge is -2.37. The topological polar surface area (TPSA) is 83.7 Å². The molecule has 3 aliphatic rings. The molecular formula is C21H35N3O3S. The molecule has 3 amide bonds. The smallest absolute Gasteiger partial charge is 0.246 e. The van der Waals surface area contributed by atoms with E-state index in [0.717, 1.165) is 32.1 Å². The predicted molar refractivity (Wildman–Crippen MR) is 111 cm³/mol. The Kier molecular flexibility index (Phi) is 7.29. The molecule has 158 valence electrons. The fourth-order valence-corrected chi connectivity index (χ4v) is 6.43. The summed E-state index contributed by atoms with van der Waals surface area (Å²) in [6.07, 6.45) is 7.55. The van der Waals surface area contributed by atoms with E-state index in [0.29, 0.717) is 37.6 Å². The average Bonchev–Trinajstić information content (AvgIpc) is 3.10. The Hall–Kier alpha value is -1.24. The molecule has 3 fully saturated rings. The molecule has 2 N–H and O–H groups in total. The first-order valence-corrected chi connectivity index (χ1v) is 11.9. The van der Waals surface area contributed by atoms with Crippen molar-refractivity contribution in [1.82, 2.24) is 9.80 Å². The SMILES string of the molecule is CC(C)CC1SCC(C(=O)N2CCC(C(N)=O)CC2)N1C(=O)C1CCCCC1. The van der Waals surface area contributed by atoms with E-state index in [2.05, 4.69) is 13.8 Å². The number of hydrogen-bond donors (Lipinski definition) is 1. The van der Waals surface area contributed by atoms with Crippen molar-refractivity contribution < 1.29 is 14.4 Å². The highest BCUT2D eigenvalue weighted by Gasteiger charge is 2.45. The summed E-state index contributed by atoms with van der Waals surface area (Å²) in [4.78, 5) is 41.9. The zero-order chi connectivity index (χ0) is 20.3. The number of primary amides is 1. The molecule has 1 saturated carbocycles. The van der Waals surface area contributed by atoms with Crippen LogP contribution < -0.4 is 5.73 Å². The van der Waals surface area contributed by atoms with Gasteiger partial charge in [-0.1, -0.05) is 33.1 Å². The molecular weight excluding hydrogens is 374 g/mol. The Morgan fingerprint density at radius 1 is 0.964 bits per heavy atom. The number of thioether (sulfide) groups is 1. The maximum Gasteiger partial charge on any atom is 0.246 e. The van der Waals surface area contributed by atoms with Crippen molar-refractivity contribution in [2.45, 2.75) is 76.6 Å². The fraction of sp³-hybridized carbons (Fsp3) is 0.857. The number of rotatable bonds is 5. The molecule has 2 aliphatic heterocycles. The van der Waals surface area contributed by atoms with Gasteiger partial charge < -0.3 is 15.5 Å². The van der Waals surface area contributed by atoms with Crippen molar-refractivity contribution in [3.8, 4) is 0 Å². The van der Waals surface area contributed by atoms with Crippen molar-refractivity contribution in [3.63, 3.8) is 0 Å². The summed E-state index contributed by atoms with van der Waals surface area (Å²) in [5.74, 6) is 1.11. The maximum atomic E-state index is 13.4. The van der Waals surface area contributed by atoms with Crippen LogP contribution in [0.5, 0.6) is 0 Å². The first kappa shape index (κ1) is 21.5. The number of likely N-dealkylation sites (tertiary alicyclic amines) is 1. The highest BCUT2D eigenvalue weighted by Crippen LogP contribution is 2.38. The van der Waals surface area contributed by atoms with E-state index in [4.69, 9.17) is 5.73 Å². The molecule has 0 aromatic rings. The first-order chi connectivity index (χ1) is 13.4. The predicted octanol–water partition coefficient (Wildman–Crippen LogP) is 2.61. The van der Waals surface area contributed by atoms with E-state index in [9.17, 15) is 14.4 Å².